The van der Waals surface area contributed by atoms with Crippen LogP contribution in [-0.4, -0.2) is 40.9 Å². The second-order valence-corrected chi connectivity index (χ2v) is 6.66. The topological polar surface area (TPSA) is 117 Å². The van der Waals surface area contributed by atoms with Crippen LogP contribution in [0, 0.1) is 13.8 Å². The molecule has 2 heterocycles. The van der Waals surface area contributed by atoms with Crippen molar-refractivity contribution in [3.63, 3.8) is 0 Å². The van der Waals surface area contributed by atoms with Crippen molar-refractivity contribution in [2.45, 2.75) is 31.4 Å². The number of hydrogen-bond donors (Lipinski definition) is 3. The zero-order valence-corrected chi connectivity index (χ0v) is 13.1. The van der Waals surface area contributed by atoms with Crippen molar-refractivity contribution >= 4 is 10.0 Å². The number of aryl methyl sites for hydroxylation is 2. The van der Waals surface area contributed by atoms with Gasteiger partial charge in [0.15, 0.2) is 0 Å². The van der Waals surface area contributed by atoms with E-state index in [1.807, 2.05) is 0 Å². The lowest BCUT2D eigenvalue weighted by molar-refractivity contribution is 0.156. The molecule has 0 spiro atoms. The van der Waals surface area contributed by atoms with Crippen LogP contribution in [0.15, 0.2) is 34.1 Å². The second-order valence-electron chi connectivity index (χ2n) is 4.96. The largest absolute Gasteiger partial charge is 0.390 e. The average Bonchev–Trinajstić information content (AvgIpc) is 2.79. The highest BCUT2D eigenvalue weighted by Crippen LogP contribution is 2.15. The van der Waals surface area contributed by atoms with Crippen LogP contribution in [0.25, 0.3) is 0 Å². The number of hydrogen-bond acceptors (Lipinski definition) is 5. The minimum Gasteiger partial charge on any atom is -0.390 e. The molecule has 8 nitrogen and oxygen atoms in total. The molecular weight excluding hydrogens is 308 g/mol. The number of aromatic amines is 1. The lowest BCUT2D eigenvalue weighted by Crippen LogP contribution is -2.36. The van der Waals surface area contributed by atoms with Gasteiger partial charge in [-0.15, -0.1) is 0 Å². The van der Waals surface area contributed by atoms with Crippen LogP contribution in [-0.2, 0) is 16.6 Å². The summed E-state index contributed by atoms with van der Waals surface area (Å²) in [7, 11) is -3.77. The number of rotatable bonds is 6. The van der Waals surface area contributed by atoms with Gasteiger partial charge in [0.05, 0.1) is 24.0 Å². The quantitative estimate of drug-likeness (QED) is 0.663. The van der Waals surface area contributed by atoms with Crippen molar-refractivity contribution in [1.29, 1.82) is 0 Å². The van der Waals surface area contributed by atoms with Crippen LogP contribution in [0.2, 0.25) is 0 Å². The molecule has 0 aliphatic carbocycles. The number of aliphatic hydroxyl groups excluding tert-OH is 1. The van der Waals surface area contributed by atoms with E-state index in [0.717, 1.165) is 0 Å². The maximum atomic E-state index is 12.2. The van der Waals surface area contributed by atoms with E-state index < -0.39 is 16.1 Å². The zero-order chi connectivity index (χ0) is 16.3. The van der Waals surface area contributed by atoms with E-state index in [1.54, 1.807) is 26.0 Å². The molecule has 2 aromatic heterocycles. The van der Waals surface area contributed by atoms with Crippen molar-refractivity contribution in [3.8, 4) is 0 Å². The molecule has 1 atom stereocenters. The maximum absolute atomic E-state index is 12.2. The Morgan fingerprint density at radius 1 is 1.41 bits per heavy atom. The van der Waals surface area contributed by atoms with Gasteiger partial charge in [-0.1, -0.05) is 6.07 Å². The number of H-pyrrole nitrogens is 1. The van der Waals surface area contributed by atoms with Gasteiger partial charge in [-0.25, -0.2) is 13.1 Å². The van der Waals surface area contributed by atoms with E-state index in [0.29, 0.717) is 11.4 Å². The van der Waals surface area contributed by atoms with E-state index >= 15 is 0 Å². The molecule has 0 saturated carbocycles. The van der Waals surface area contributed by atoms with Gasteiger partial charge in [0.1, 0.15) is 4.90 Å². The standard InChI is InChI=1S/C13H18N4O4S/c1-9-13(10(2)16-15-9)22(20,21)14-7-11(18)8-17-6-4-3-5-12(17)19/h3-6,11,14,18H,7-8H2,1-2H3,(H,15,16). The summed E-state index contributed by atoms with van der Waals surface area (Å²) in [4.78, 5) is 11.6. The summed E-state index contributed by atoms with van der Waals surface area (Å²) in [5.74, 6) is 0. The maximum Gasteiger partial charge on any atom is 0.250 e. The molecule has 9 heteroatoms. The lowest BCUT2D eigenvalue weighted by Gasteiger charge is -2.13. The number of aliphatic hydroxyl groups is 1. The molecule has 2 aromatic rings. The van der Waals surface area contributed by atoms with E-state index in [4.69, 9.17) is 0 Å². The summed E-state index contributed by atoms with van der Waals surface area (Å²) in [6.07, 6.45) is 0.507. The van der Waals surface area contributed by atoms with Crippen LogP contribution >= 0.6 is 0 Å². The van der Waals surface area contributed by atoms with Crippen LogP contribution in [0.3, 0.4) is 0 Å². The van der Waals surface area contributed by atoms with E-state index in [2.05, 4.69) is 14.9 Å². The molecular formula is C13H18N4O4S. The monoisotopic (exact) mass is 326 g/mol. The number of aromatic nitrogens is 3. The van der Waals surface area contributed by atoms with Gasteiger partial charge < -0.3 is 9.67 Å². The Balaban J connectivity index is 2.03. The zero-order valence-electron chi connectivity index (χ0n) is 12.3. The highest BCUT2D eigenvalue weighted by molar-refractivity contribution is 7.89. The van der Waals surface area contributed by atoms with Gasteiger partial charge in [0.2, 0.25) is 10.0 Å². The molecule has 0 amide bonds. The molecule has 0 aliphatic rings. The Morgan fingerprint density at radius 2 is 2.14 bits per heavy atom. The van der Waals surface area contributed by atoms with Gasteiger partial charge in [-0.3, -0.25) is 9.89 Å². The molecule has 22 heavy (non-hydrogen) atoms. The second kappa shape index (κ2) is 6.42. The number of pyridine rings is 1. The van der Waals surface area contributed by atoms with Gasteiger partial charge in [0.25, 0.3) is 5.56 Å². The normalized spacial score (nSPS) is 13.2. The molecule has 0 bridgehead atoms. The Morgan fingerprint density at radius 3 is 2.73 bits per heavy atom. The summed E-state index contributed by atoms with van der Waals surface area (Å²) < 4.78 is 28.1. The molecule has 3 N–H and O–H groups in total. The average molecular weight is 326 g/mol. The molecule has 0 saturated heterocycles. The summed E-state index contributed by atoms with van der Waals surface area (Å²) in [6, 6.07) is 4.63. The molecule has 120 valence electrons. The number of nitrogens with zero attached hydrogens (tertiary/aromatic N) is 2. The van der Waals surface area contributed by atoms with E-state index in [-0.39, 0.29) is 23.5 Å². The Bertz CT molecular complexity index is 790. The van der Waals surface area contributed by atoms with Crippen LogP contribution < -0.4 is 10.3 Å². The Kier molecular flexibility index (Phi) is 4.79. The fourth-order valence-electron chi connectivity index (χ4n) is 2.12. The lowest BCUT2D eigenvalue weighted by atomic mass is 10.3. The van der Waals surface area contributed by atoms with Crippen molar-refractivity contribution < 1.29 is 13.5 Å². The molecule has 0 aromatic carbocycles. The Labute approximate surface area is 127 Å². The van der Waals surface area contributed by atoms with Crippen LogP contribution in [0.4, 0.5) is 0 Å². The summed E-state index contributed by atoms with van der Waals surface area (Å²) in [5, 5.41) is 16.4. The first-order valence-electron chi connectivity index (χ1n) is 6.66. The van der Waals surface area contributed by atoms with Gasteiger partial charge in [-0.2, -0.15) is 5.10 Å². The molecule has 2 rings (SSSR count). The van der Waals surface area contributed by atoms with Crippen LogP contribution in [0.5, 0.6) is 0 Å². The first-order valence-corrected chi connectivity index (χ1v) is 8.14. The van der Waals surface area contributed by atoms with Gasteiger partial charge in [-0.05, 0) is 19.9 Å². The molecule has 1 unspecified atom stereocenters. The third-order valence-electron chi connectivity index (χ3n) is 3.14. The minimum atomic E-state index is -3.77. The SMILES string of the molecule is Cc1n[nH]c(C)c1S(=O)(=O)NCC(O)Cn1ccccc1=O. The van der Waals surface area contributed by atoms with Crippen LogP contribution in [0.1, 0.15) is 11.4 Å². The predicted molar refractivity (Wildman–Crippen MR) is 80.0 cm³/mol. The van der Waals surface area contributed by atoms with Crippen molar-refractivity contribution in [3.05, 3.63) is 46.1 Å². The van der Waals surface area contributed by atoms with Crippen molar-refractivity contribution in [2.24, 2.45) is 0 Å². The predicted octanol–water partition coefficient (Wildman–Crippen LogP) is -0.472. The first kappa shape index (κ1) is 16.4. The van der Waals surface area contributed by atoms with Crippen molar-refractivity contribution in [1.82, 2.24) is 19.5 Å². The smallest absolute Gasteiger partial charge is 0.250 e. The highest BCUT2D eigenvalue weighted by atomic mass is 32.2. The number of sulfonamides is 1. The summed E-state index contributed by atoms with van der Waals surface area (Å²) in [5.41, 5.74) is 0.531. The minimum absolute atomic E-state index is 0.00550. The van der Waals surface area contributed by atoms with E-state index in [9.17, 15) is 18.3 Å². The molecule has 0 aliphatic heterocycles. The number of nitrogens with one attached hydrogen (secondary N) is 2. The molecule has 0 radical (unpaired) electrons. The van der Waals surface area contributed by atoms with Gasteiger partial charge >= 0.3 is 0 Å². The van der Waals surface area contributed by atoms with E-state index in [1.165, 1.54) is 16.8 Å². The fraction of sp³-hybridized carbons (Fsp3) is 0.385. The third-order valence-corrected chi connectivity index (χ3v) is 4.83. The van der Waals surface area contributed by atoms with Gasteiger partial charge in [0, 0.05) is 18.8 Å². The fourth-order valence-corrected chi connectivity index (χ4v) is 3.56. The summed E-state index contributed by atoms with van der Waals surface area (Å²) in [6.45, 7) is 2.99. The first-order chi connectivity index (χ1) is 10.3. The van der Waals surface area contributed by atoms with Crippen molar-refractivity contribution in [2.75, 3.05) is 6.54 Å². The highest BCUT2D eigenvalue weighted by Gasteiger charge is 2.22. The Hall–Kier alpha value is -1.97. The third kappa shape index (κ3) is 3.62. The molecule has 0 fully saturated rings. The summed E-state index contributed by atoms with van der Waals surface area (Å²) >= 11 is 0.